The molecule has 6 heteroatoms. The second kappa shape index (κ2) is 8.30. The van der Waals surface area contributed by atoms with Crippen molar-refractivity contribution in [3.63, 3.8) is 0 Å². The third-order valence-corrected chi connectivity index (χ3v) is 4.60. The Bertz CT molecular complexity index is 1030. The Balaban J connectivity index is 1.76. The predicted molar refractivity (Wildman–Crippen MR) is 108 cm³/mol. The highest BCUT2D eigenvalue weighted by molar-refractivity contribution is 7.14. The number of ether oxygens (including phenoxy) is 1. The second-order valence-electron chi connectivity index (χ2n) is 5.80. The molecule has 1 heterocycles. The molecule has 0 bridgehead atoms. The van der Waals surface area contributed by atoms with Gasteiger partial charge in [-0.25, -0.2) is 4.98 Å². The second-order valence-corrected chi connectivity index (χ2v) is 6.66. The van der Waals surface area contributed by atoms with Crippen LogP contribution < -0.4 is 10.1 Å². The van der Waals surface area contributed by atoms with Gasteiger partial charge < -0.3 is 4.74 Å². The Labute approximate surface area is 161 Å². The Morgan fingerprint density at radius 3 is 2.74 bits per heavy atom. The van der Waals surface area contributed by atoms with Crippen LogP contribution in [-0.4, -0.2) is 18.0 Å². The molecular weight excluding hydrogens is 358 g/mol. The van der Waals surface area contributed by atoms with Crippen LogP contribution in [0.4, 0.5) is 5.13 Å². The van der Waals surface area contributed by atoms with Crippen molar-refractivity contribution in [3.8, 4) is 23.1 Å². The molecule has 0 atom stereocenters. The molecule has 0 saturated heterocycles. The van der Waals surface area contributed by atoms with Gasteiger partial charge in [0.2, 0.25) is 0 Å². The van der Waals surface area contributed by atoms with Crippen LogP contribution in [0, 0.1) is 18.3 Å². The summed E-state index contributed by atoms with van der Waals surface area (Å²) in [6.45, 7) is 2.02. The fraction of sp³-hybridized carbons (Fsp3) is 0.0952. The average molecular weight is 375 g/mol. The molecule has 0 spiro atoms. The number of aromatic nitrogens is 1. The standard InChI is InChI=1S/C21H17N3O2S/c1-14-6-8-16(9-7-14)19-13-27-21(23-19)24-20(25)17(12-22)10-15-4-3-5-18(11-15)26-2/h3-11,13H,1-2H3,(H,23,24,25)/b17-10+. The maximum Gasteiger partial charge on any atom is 0.268 e. The van der Waals surface area contributed by atoms with E-state index in [9.17, 15) is 10.1 Å². The zero-order valence-corrected chi connectivity index (χ0v) is 15.7. The number of nitrogens with zero attached hydrogens (tertiary/aromatic N) is 2. The summed E-state index contributed by atoms with van der Waals surface area (Å²) in [6.07, 6.45) is 1.52. The van der Waals surface area contributed by atoms with Crippen LogP contribution in [0.3, 0.4) is 0 Å². The molecule has 0 fully saturated rings. The lowest BCUT2D eigenvalue weighted by atomic mass is 10.1. The van der Waals surface area contributed by atoms with Crippen LogP contribution in [0.2, 0.25) is 0 Å². The van der Waals surface area contributed by atoms with Crippen LogP contribution in [0.1, 0.15) is 11.1 Å². The number of aryl methyl sites for hydroxylation is 1. The molecule has 1 aromatic heterocycles. The first kappa shape index (κ1) is 18.4. The Hall–Kier alpha value is -3.43. The van der Waals surface area contributed by atoms with Crippen molar-refractivity contribution < 1.29 is 9.53 Å². The smallest absolute Gasteiger partial charge is 0.268 e. The molecular formula is C21H17N3O2S. The maximum atomic E-state index is 12.4. The summed E-state index contributed by atoms with van der Waals surface area (Å²) in [7, 11) is 1.56. The number of thiazole rings is 1. The largest absolute Gasteiger partial charge is 0.497 e. The summed E-state index contributed by atoms with van der Waals surface area (Å²) in [6, 6.07) is 17.1. The van der Waals surface area contributed by atoms with Gasteiger partial charge in [-0.1, -0.05) is 42.0 Å². The molecule has 1 N–H and O–H groups in total. The van der Waals surface area contributed by atoms with Crippen molar-refractivity contribution in [1.82, 2.24) is 4.98 Å². The quantitative estimate of drug-likeness (QED) is 0.519. The molecule has 0 unspecified atom stereocenters. The number of carbonyl (C=O) groups excluding carboxylic acids is 1. The van der Waals surface area contributed by atoms with Gasteiger partial charge in [-0.3, -0.25) is 10.1 Å². The van der Waals surface area contributed by atoms with Crippen LogP contribution in [0.5, 0.6) is 5.75 Å². The lowest BCUT2D eigenvalue weighted by molar-refractivity contribution is -0.112. The summed E-state index contributed by atoms with van der Waals surface area (Å²) in [4.78, 5) is 16.9. The van der Waals surface area contributed by atoms with E-state index in [0.29, 0.717) is 16.4 Å². The monoisotopic (exact) mass is 375 g/mol. The molecule has 2 aromatic carbocycles. The highest BCUT2D eigenvalue weighted by Gasteiger charge is 2.12. The SMILES string of the molecule is COc1cccc(/C=C(\C#N)C(=O)Nc2nc(-c3ccc(C)cc3)cs2)c1. The van der Waals surface area contributed by atoms with Crippen molar-refractivity contribution in [3.05, 3.63) is 70.6 Å². The van der Waals surface area contributed by atoms with Crippen molar-refractivity contribution in [2.75, 3.05) is 12.4 Å². The van der Waals surface area contributed by atoms with E-state index in [0.717, 1.165) is 11.3 Å². The van der Waals surface area contributed by atoms with Crippen molar-refractivity contribution >= 4 is 28.5 Å². The maximum absolute atomic E-state index is 12.4. The van der Waals surface area contributed by atoms with E-state index in [-0.39, 0.29) is 5.57 Å². The van der Waals surface area contributed by atoms with E-state index >= 15 is 0 Å². The minimum Gasteiger partial charge on any atom is -0.497 e. The highest BCUT2D eigenvalue weighted by atomic mass is 32.1. The summed E-state index contributed by atoms with van der Waals surface area (Å²) in [5.74, 6) is 0.161. The molecule has 0 radical (unpaired) electrons. The van der Waals surface area contributed by atoms with E-state index in [1.165, 1.54) is 23.0 Å². The van der Waals surface area contributed by atoms with Gasteiger partial charge in [0.05, 0.1) is 12.8 Å². The molecule has 27 heavy (non-hydrogen) atoms. The predicted octanol–water partition coefficient (Wildman–Crippen LogP) is 4.67. The Morgan fingerprint density at radius 1 is 1.26 bits per heavy atom. The number of carbonyl (C=O) groups is 1. The van der Waals surface area contributed by atoms with Crippen molar-refractivity contribution in [1.29, 1.82) is 5.26 Å². The van der Waals surface area contributed by atoms with E-state index in [1.54, 1.807) is 31.4 Å². The van der Waals surface area contributed by atoms with Gasteiger partial charge in [0.25, 0.3) is 5.91 Å². The summed E-state index contributed by atoms with van der Waals surface area (Å²) < 4.78 is 5.16. The summed E-state index contributed by atoms with van der Waals surface area (Å²) in [5, 5.41) is 14.4. The number of benzene rings is 2. The van der Waals surface area contributed by atoms with Gasteiger partial charge in [0.1, 0.15) is 17.4 Å². The van der Waals surface area contributed by atoms with Gasteiger partial charge in [-0.15, -0.1) is 11.3 Å². The van der Waals surface area contributed by atoms with Crippen molar-refractivity contribution in [2.24, 2.45) is 0 Å². The third-order valence-electron chi connectivity index (χ3n) is 3.84. The average Bonchev–Trinajstić information content (AvgIpc) is 3.15. The molecule has 134 valence electrons. The lowest BCUT2D eigenvalue weighted by Crippen LogP contribution is -2.13. The van der Waals surface area contributed by atoms with Crippen LogP contribution in [0.15, 0.2) is 59.5 Å². The molecule has 5 nitrogen and oxygen atoms in total. The van der Waals surface area contributed by atoms with Crippen LogP contribution >= 0.6 is 11.3 Å². The number of amides is 1. The van der Waals surface area contributed by atoms with E-state index < -0.39 is 5.91 Å². The molecule has 0 aliphatic heterocycles. The lowest BCUT2D eigenvalue weighted by Gasteiger charge is -2.02. The fourth-order valence-electron chi connectivity index (χ4n) is 2.40. The number of nitriles is 1. The number of anilines is 1. The van der Waals surface area contributed by atoms with E-state index in [4.69, 9.17) is 4.74 Å². The molecule has 0 saturated carbocycles. The van der Waals surface area contributed by atoms with Crippen molar-refractivity contribution in [2.45, 2.75) is 6.92 Å². The van der Waals surface area contributed by atoms with Gasteiger partial charge in [0.15, 0.2) is 5.13 Å². The number of nitrogens with one attached hydrogen (secondary N) is 1. The molecule has 1 amide bonds. The molecule has 0 aliphatic rings. The molecule has 0 aliphatic carbocycles. The van der Waals surface area contributed by atoms with Crippen LogP contribution in [0.25, 0.3) is 17.3 Å². The minimum absolute atomic E-state index is 0.00432. The van der Waals surface area contributed by atoms with E-state index in [1.807, 2.05) is 42.6 Å². The molecule has 3 aromatic rings. The van der Waals surface area contributed by atoms with Gasteiger partial charge in [-0.05, 0) is 30.7 Å². The number of hydrogen-bond acceptors (Lipinski definition) is 5. The Morgan fingerprint density at radius 2 is 2.04 bits per heavy atom. The minimum atomic E-state index is -0.495. The number of hydrogen-bond donors (Lipinski definition) is 1. The van der Waals surface area contributed by atoms with Gasteiger partial charge in [0, 0.05) is 10.9 Å². The zero-order chi connectivity index (χ0) is 19.2. The first-order valence-electron chi connectivity index (χ1n) is 8.19. The molecule has 3 rings (SSSR count). The third kappa shape index (κ3) is 4.60. The summed E-state index contributed by atoms with van der Waals surface area (Å²) >= 11 is 1.32. The van der Waals surface area contributed by atoms with E-state index in [2.05, 4.69) is 10.3 Å². The Kier molecular flexibility index (Phi) is 5.64. The highest BCUT2D eigenvalue weighted by Crippen LogP contribution is 2.25. The normalized spacial score (nSPS) is 10.9. The first-order chi connectivity index (χ1) is 13.1. The zero-order valence-electron chi connectivity index (χ0n) is 14.9. The number of rotatable bonds is 5. The fourth-order valence-corrected chi connectivity index (χ4v) is 3.11. The number of methoxy groups -OCH3 is 1. The van der Waals surface area contributed by atoms with Crippen LogP contribution in [-0.2, 0) is 4.79 Å². The summed E-state index contributed by atoms with van der Waals surface area (Å²) in [5.41, 5.74) is 3.63. The topological polar surface area (TPSA) is 75.0 Å². The van der Waals surface area contributed by atoms with Gasteiger partial charge in [-0.2, -0.15) is 5.26 Å². The van der Waals surface area contributed by atoms with Gasteiger partial charge >= 0.3 is 0 Å². The first-order valence-corrected chi connectivity index (χ1v) is 9.07.